The molecule has 2 heterocycles. The van der Waals surface area contributed by atoms with Crippen molar-refractivity contribution >= 4 is 5.91 Å². The lowest BCUT2D eigenvalue weighted by molar-refractivity contribution is -0.123. The Morgan fingerprint density at radius 1 is 1.17 bits per heavy atom. The topological polar surface area (TPSA) is 90.3 Å². The lowest BCUT2D eigenvalue weighted by Crippen LogP contribution is -2.35. The van der Waals surface area contributed by atoms with Gasteiger partial charge in [-0.05, 0) is 31.7 Å². The zero-order chi connectivity index (χ0) is 20.6. The van der Waals surface area contributed by atoms with Crippen LogP contribution in [0.3, 0.4) is 0 Å². The molecule has 2 aromatic heterocycles. The van der Waals surface area contributed by atoms with E-state index in [1.165, 1.54) is 0 Å². The van der Waals surface area contributed by atoms with Crippen LogP contribution in [0.2, 0.25) is 0 Å². The summed E-state index contributed by atoms with van der Waals surface area (Å²) in [6.07, 6.45) is 5.17. The third kappa shape index (κ3) is 5.32. The van der Waals surface area contributed by atoms with Crippen molar-refractivity contribution in [3.05, 3.63) is 66.1 Å². The first kappa shape index (κ1) is 20.3. The molecule has 1 unspecified atom stereocenters. The maximum absolute atomic E-state index is 12.5. The van der Waals surface area contributed by atoms with Crippen LogP contribution in [0.25, 0.3) is 0 Å². The van der Waals surface area contributed by atoms with E-state index in [1.54, 1.807) is 30.2 Å². The van der Waals surface area contributed by atoms with Gasteiger partial charge in [-0.1, -0.05) is 18.2 Å². The van der Waals surface area contributed by atoms with Gasteiger partial charge >= 0.3 is 0 Å². The van der Waals surface area contributed by atoms with E-state index in [4.69, 9.17) is 9.47 Å². The molecule has 1 amide bonds. The zero-order valence-corrected chi connectivity index (χ0v) is 16.8. The predicted molar refractivity (Wildman–Crippen MR) is 109 cm³/mol. The summed E-state index contributed by atoms with van der Waals surface area (Å²) in [6, 6.07) is 10.6. The van der Waals surface area contributed by atoms with Gasteiger partial charge in [-0.2, -0.15) is 5.10 Å². The average molecular weight is 395 g/mol. The minimum absolute atomic E-state index is 0.133. The lowest BCUT2D eigenvalue weighted by atomic mass is 10.1. The van der Waals surface area contributed by atoms with Crippen LogP contribution < -0.4 is 20.1 Å². The summed E-state index contributed by atoms with van der Waals surface area (Å²) in [4.78, 5) is 16.8. The molecule has 1 atom stereocenters. The molecule has 8 heteroatoms. The number of carbonyl (C=O) groups excluding carboxylic acids is 1. The number of likely N-dealkylation sites (N-methyl/N-ethyl adjacent to an activating group) is 1. The van der Waals surface area contributed by atoms with Crippen molar-refractivity contribution < 1.29 is 14.3 Å². The predicted octanol–water partition coefficient (Wildman–Crippen LogP) is 2.58. The van der Waals surface area contributed by atoms with Crippen molar-refractivity contribution in [1.29, 1.82) is 0 Å². The number of hydrogen-bond donors (Lipinski definition) is 2. The van der Waals surface area contributed by atoms with Crippen molar-refractivity contribution in [3.8, 4) is 17.4 Å². The standard InChI is InChI=1S/C21H25N5O3/c1-4-28-17-7-5-6-8-18(17)29-19-10-9-15(11-23-19)12-24-21(27)20(22-2)16-13-25-26(3)14-16/h5-11,13-14,20,22H,4,12H2,1-3H3,(H,24,27). The summed E-state index contributed by atoms with van der Waals surface area (Å²) in [5, 5.41) is 10.0. The number of pyridine rings is 1. The number of hydrogen-bond acceptors (Lipinski definition) is 6. The Kier molecular flexibility index (Phi) is 6.80. The molecule has 2 N–H and O–H groups in total. The first-order valence-electron chi connectivity index (χ1n) is 9.38. The van der Waals surface area contributed by atoms with Gasteiger partial charge in [-0.3, -0.25) is 9.48 Å². The fraction of sp³-hybridized carbons (Fsp3) is 0.286. The fourth-order valence-corrected chi connectivity index (χ4v) is 2.83. The van der Waals surface area contributed by atoms with Crippen LogP contribution in [0.1, 0.15) is 24.1 Å². The number of aromatic nitrogens is 3. The second-order valence-corrected chi connectivity index (χ2v) is 6.37. The maximum atomic E-state index is 12.5. The number of para-hydroxylation sites is 2. The van der Waals surface area contributed by atoms with E-state index < -0.39 is 6.04 Å². The molecule has 0 aliphatic heterocycles. The second-order valence-electron chi connectivity index (χ2n) is 6.37. The molecule has 29 heavy (non-hydrogen) atoms. The summed E-state index contributed by atoms with van der Waals surface area (Å²) >= 11 is 0. The second kappa shape index (κ2) is 9.70. The number of carbonyl (C=O) groups is 1. The number of ether oxygens (including phenoxy) is 2. The molecule has 0 saturated carbocycles. The first-order chi connectivity index (χ1) is 14.1. The molecular weight excluding hydrogens is 370 g/mol. The summed E-state index contributed by atoms with van der Waals surface area (Å²) in [5.74, 6) is 1.60. The van der Waals surface area contributed by atoms with Gasteiger partial charge in [0.2, 0.25) is 11.8 Å². The molecule has 3 aromatic rings. The van der Waals surface area contributed by atoms with E-state index in [1.807, 2.05) is 50.5 Å². The van der Waals surface area contributed by atoms with Crippen LogP contribution in [-0.4, -0.2) is 34.3 Å². The molecule has 1 aromatic carbocycles. The van der Waals surface area contributed by atoms with E-state index >= 15 is 0 Å². The normalized spacial score (nSPS) is 11.7. The Bertz CT molecular complexity index is 939. The van der Waals surface area contributed by atoms with Crippen LogP contribution in [-0.2, 0) is 18.4 Å². The van der Waals surface area contributed by atoms with Crippen molar-refractivity contribution in [2.75, 3.05) is 13.7 Å². The smallest absolute Gasteiger partial charge is 0.242 e. The Hall–Kier alpha value is -3.39. The van der Waals surface area contributed by atoms with Gasteiger partial charge in [0, 0.05) is 37.6 Å². The van der Waals surface area contributed by atoms with Crippen molar-refractivity contribution in [3.63, 3.8) is 0 Å². The van der Waals surface area contributed by atoms with Crippen molar-refractivity contribution in [2.45, 2.75) is 19.5 Å². The largest absolute Gasteiger partial charge is 0.490 e. The summed E-state index contributed by atoms with van der Waals surface area (Å²) in [6.45, 7) is 2.84. The Morgan fingerprint density at radius 3 is 2.59 bits per heavy atom. The Morgan fingerprint density at radius 2 is 1.97 bits per heavy atom. The van der Waals surface area contributed by atoms with Gasteiger partial charge in [-0.25, -0.2) is 4.98 Å². The molecule has 0 saturated heterocycles. The number of nitrogens with one attached hydrogen (secondary N) is 2. The van der Waals surface area contributed by atoms with Gasteiger partial charge < -0.3 is 20.1 Å². The number of benzene rings is 1. The number of amides is 1. The fourth-order valence-electron chi connectivity index (χ4n) is 2.83. The van der Waals surface area contributed by atoms with Gasteiger partial charge in [0.15, 0.2) is 11.5 Å². The SMILES string of the molecule is CCOc1ccccc1Oc1ccc(CNC(=O)C(NC)c2cnn(C)c2)cn1. The van der Waals surface area contributed by atoms with Crippen LogP contribution in [0.15, 0.2) is 55.0 Å². The third-order valence-electron chi connectivity index (χ3n) is 4.24. The van der Waals surface area contributed by atoms with E-state index in [2.05, 4.69) is 20.7 Å². The van der Waals surface area contributed by atoms with Crippen LogP contribution in [0.5, 0.6) is 17.4 Å². The van der Waals surface area contributed by atoms with Crippen LogP contribution >= 0.6 is 0 Å². The van der Waals surface area contributed by atoms with E-state index in [0.717, 1.165) is 11.1 Å². The first-order valence-corrected chi connectivity index (χ1v) is 9.38. The molecule has 0 aliphatic rings. The molecule has 0 spiro atoms. The summed E-state index contributed by atoms with van der Waals surface area (Å²) in [7, 11) is 3.56. The van der Waals surface area contributed by atoms with E-state index in [0.29, 0.717) is 30.5 Å². The summed E-state index contributed by atoms with van der Waals surface area (Å²) < 4.78 is 13.0. The van der Waals surface area contributed by atoms with E-state index in [9.17, 15) is 4.79 Å². The highest BCUT2D eigenvalue weighted by Crippen LogP contribution is 2.30. The number of aryl methyl sites for hydroxylation is 1. The molecular formula is C21H25N5O3. The number of rotatable bonds is 9. The lowest BCUT2D eigenvalue weighted by Gasteiger charge is -2.14. The molecule has 0 aliphatic carbocycles. The van der Waals surface area contributed by atoms with Crippen LogP contribution in [0, 0.1) is 0 Å². The van der Waals surface area contributed by atoms with Crippen molar-refractivity contribution in [1.82, 2.24) is 25.4 Å². The van der Waals surface area contributed by atoms with Gasteiger partial charge in [0.25, 0.3) is 0 Å². The summed E-state index contributed by atoms with van der Waals surface area (Å²) in [5.41, 5.74) is 1.67. The monoisotopic (exact) mass is 395 g/mol. The minimum atomic E-state index is -0.464. The highest BCUT2D eigenvalue weighted by atomic mass is 16.5. The third-order valence-corrected chi connectivity index (χ3v) is 4.24. The molecule has 0 fully saturated rings. The maximum Gasteiger partial charge on any atom is 0.242 e. The highest BCUT2D eigenvalue weighted by Gasteiger charge is 2.19. The molecule has 152 valence electrons. The average Bonchev–Trinajstić information content (AvgIpc) is 3.15. The molecule has 0 bridgehead atoms. The van der Waals surface area contributed by atoms with Crippen LogP contribution in [0.4, 0.5) is 0 Å². The minimum Gasteiger partial charge on any atom is -0.490 e. The van der Waals surface area contributed by atoms with Gasteiger partial charge in [0.1, 0.15) is 6.04 Å². The molecule has 8 nitrogen and oxygen atoms in total. The number of nitrogens with zero attached hydrogens (tertiary/aromatic N) is 3. The van der Waals surface area contributed by atoms with E-state index in [-0.39, 0.29) is 5.91 Å². The van der Waals surface area contributed by atoms with Gasteiger partial charge in [0.05, 0.1) is 12.8 Å². The Balaban J connectivity index is 1.58. The zero-order valence-electron chi connectivity index (χ0n) is 16.8. The van der Waals surface area contributed by atoms with Gasteiger partial charge in [-0.15, -0.1) is 0 Å². The Labute approximate surface area is 169 Å². The molecule has 0 radical (unpaired) electrons. The molecule has 3 rings (SSSR count). The van der Waals surface area contributed by atoms with Crippen molar-refractivity contribution in [2.24, 2.45) is 7.05 Å². The quantitative estimate of drug-likeness (QED) is 0.579. The highest BCUT2D eigenvalue weighted by molar-refractivity contribution is 5.83.